The number of hydrogen-bond donors (Lipinski definition) is 1. The minimum Gasteiger partial charge on any atom is -0.385 e. The SMILES string of the molecule is CCCN(CC)CCN=C(NCC)N1CCC(OCCCOC)CC1.I. The number of aliphatic imine (C=N–C) groups is 1. The molecular weight excluding hydrogens is 443 g/mol. The summed E-state index contributed by atoms with van der Waals surface area (Å²) in [5, 5.41) is 3.45. The number of rotatable bonds is 12. The fraction of sp³-hybridized carbons (Fsp3) is 0.947. The van der Waals surface area contributed by atoms with E-state index < -0.39 is 0 Å². The predicted octanol–water partition coefficient (Wildman–Crippen LogP) is 2.82. The first-order valence-corrected chi connectivity index (χ1v) is 10.1. The quantitative estimate of drug-likeness (QED) is 0.200. The van der Waals surface area contributed by atoms with E-state index in [1.54, 1.807) is 7.11 Å². The van der Waals surface area contributed by atoms with Crippen LogP contribution in [0.15, 0.2) is 4.99 Å². The van der Waals surface area contributed by atoms with Gasteiger partial charge in [0.05, 0.1) is 12.6 Å². The summed E-state index contributed by atoms with van der Waals surface area (Å²) in [6.07, 6.45) is 4.72. The van der Waals surface area contributed by atoms with Crippen molar-refractivity contribution in [2.75, 3.05) is 66.1 Å². The Balaban J connectivity index is 0.00000625. The third-order valence-corrected chi connectivity index (χ3v) is 4.59. The first-order valence-electron chi connectivity index (χ1n) is 10.1. The Hall–Kier alpha value is -0.120. The predicted molar refractivity (Wildman–Crippen MR) is 121 cm³/mol. The van der Waals surface area contributed by atoms with Crippen molar-refractivity contribution >= 4 is 29.9 Å². The number of nitrogens with one attached hydrogen (secondary N) is 1. The van der Waals surface area contributed by atoms with Crippen LogP contribution in [0.1, 0.15) is 46.5 Å². The summed E-state index contributed by atoms with van der Waals surface area (Å²) in [7, 11) is 1.74. The molecule has 1 N–H and O–H groups in total. The summed E-state index contributed by atoms with van der Waals surface area (Å²) in [6, 6.07) is 0. The summed E-state index contributed by atoms with van der Waals surface area (Å²) in [5.41, 5.74) is 0. The molecule has 1 aliphatic rings. The molecule has 1 fully saturated rings. The molecule has 0 spiro atoms. The highest BCUT2D eigenvalue weighted by atomic mass is 127. The Morgan fingerprint density at radius 2 is 1.88 bits per heavy atom. The van der Waals surface area contributed by atoms with Crippen LogP contribution in [0.3, 0.4) is 0 Å². The largest absolute Gasteiger partial charge is 0.385 e. The topological polar surface area (TPSA) is 49.3 Å². The molecule has 6 nitrogen and oxygen atoms in total. The zero-order chi connectivity index (χ0) is 18.3. The lowest BCUT2D eigenvalue weighted by Gasteiger charge is -2.34. The second-order valence-electron chi connectivity index (χ2n) is 6.57. The molecular formula is C19H41IN4O2. The number of likely N-dealkylation sites (N-methyl/N-ethyl adjacent to an activating group) is 1. The second kappa shape index (κ2) is 17.0. The number of piperidine rings is 1. The fourth-order valence-corrected chi connectivity index (χ4v) is 3.15. The van der Waals surface area contributed by atoms with Crippen molar-refractivity contribution in [1.29, 1.82) is 0 Å². The Labute approximate surface area is 178 Å². The standard InChI is InChI=1S/C19H40N4O2.HI/c1-5-12-22(7-3)15-11-21-19(20-6-2)23-13-9-18(10-14-23)25-17-8-16-24-4;/h18H,5-17H2,1-4H3,(H,20,21);1H. The smallest absolute Gasteiger partial charge is 0.193 e. The number of hydrogen-bond acceptors (Lipinski definition) is 4. The molecule has 0 aromatic heterocycles. The number of methoxy groups -OCH3 is 1. The minimum absolute atomic E-state index is 0. The highest BCUT2D eigenvalue weighted by Gasteiger charge is 2.21. The summed E-state index contributed by atoms with van der Waals surface area (Å²) >= 11 is 0. The molecule has 0 aromatic rings. The average molecular weight is 484 g/mol. The maximum Gasteiger partial charge on any atom is 0.193 e. The Morgan fingerprint density at radius 3 is 2.46 bits per heavy atom. The molecule has 0 bridgehead atoms. The molecule has 0 aliphatic carbocycles. The van der Waals surface area contributed by atoms with Gasteiger partial charge >= 0.3 is 0 Å². The summed E-state index contributed by atoms with van der Waals surface area (Å²) in [4.78, 5) is 9.70. The van der Waals surface area contributed by atoms with Gasteiger partial charge in [0.15, 0.2) is 5.96 Å². The highest BCUT2D eigenvalue weighted by Crippen LogP contribution is 2.14. The fourth-order valence-electron chi connectivity index (χ4n) is 3.15. The first-order chi connectivity index (χ1) is 12.2. The van der Waals surface area contributed by atoms with Gasteiger partial charge in [-0.15, -0.1) is 24.0 Å². The maximum absolute atomic E-state index is 5.95. The number of ether oxygens (including phenoxy) is 2. The van der Waals surface area contributed by atoms with Crippen LogP contribution in [0.5, 0.6) is 0 Å². The molecule has 0 unspecified atom stereocenters. The minimum atomic E-state index is 0. The van der Waals surface area contributed by atoms with Gasteiger partial charge < -0.3 is 24.6 Å². The number of halogens is 1. The van der Waals surface area contributed by atoms with E-state index in [-0.39, 0.29) is 24.0 Å². The molecule has 0 amide bonds. The van der Waals surface area contributed by atoms with E-state index in [2.05, 4.69) is 35.9 Å². The third kappa shape index (κ3) is 10.9. The van der Waals surface area contributed by atoms with Crippen LogP contribution < -0.4 is 5.32 Å². The third-order valence-electron chi connectivity index (χ3n) is 4.59. The molecule has 1 saturated heterocycles. The van der Waals surface area contributed by atoms with E-state index >= 15 is 0 Å². The van der Waals surface area contributed by atoms with Gasteiger partial charge in [0.25, 0.3) is 0 Å². The van der Waals surface area contributed by atoms with Gasteiger partial charge in [0.2, 0.25) is 0 Å². The van der Waals surface area contributed by atoms with Crippen LogP contribution in [0.2, 0.25) is 0 Å². The molecule has 0 aromatic carbocycles. The van der Waals surface area contributed by atoms with Crippen LogP contribution in [0.4, 0.5) is 0 Å². The van der Waals surface area contributed by atoms with E-state index in [0.717, 1.165) is 84.2 Å². The molecule has 0 saturated carbocycles. The van der Waals surface area contributed by atoms with Crippen LogP contribution in [-0.4, -0.2) is 88.0 Å². The van der Waals surface area contributed by atoms with Gasteiger partial charge in [-0.3, -0.25) is 4.99 Å². The lowest BCUT2D eigenvalue weighted by Crippen LogP contribution is -2.47. The summed E-state index contributed by atoms with van der Waals surface area (Å²) < 4.78 is 11.0. The molecule has 1 aliphatic heterocycles. The van der Waals surface area contributed by atoms with E-state index in [4.69, 9.17) is 14.5 Å². The summed E-state index contributed by atoms with van der Waals surface area (Å²) in [5.74, 6) is 1.06. The van der Waals surface area contributed by atoms with Crippen LogP contribution in [-0.2, 0) is 9.47 Å². The molecule has 0 radical (unpaired) electrons. The molecule has 7 heteroatoms. The first kappa shape index (κ1) is 25.9. The molecule has 1 heterocycles. The van der Waals surface area contributed by atoms with Crippen molar-refractivity contribution < 1.29 is 9.47 Å². The van der Waals surface area contributed by atoms with Crippen molar-refractivity contribution in [2.24, 2.45) is 4.99 Å². The normalized spacial score (nSPS) is 16.0. The van der Waals surface area contributed by atoms with E-state index in [1.165, 1.54) is 6.42 Å². The van der Waals surface area contributed by atoms with E-state index in [9.17, 15) is 0 Å². The van der Waals surface area contributed by atoms with Gasteiger partial charge in [-0.1, -0.05) is 13.8 Å². The number of nitrogens with zero attached hydrogens (tertiary/aromatic N) is 3. The van der Waals surface area contributed by atoms with Gasteiger partial charge in [0, 0.05) is 46.5 Å². The van der Waals surface area contributed by atoms with Crippen molar-refractivity contribution in [3.05, 3.63) is 0 Å². The van der Waals surface area contributed by atoms with Crippen LogP contribution >= 0.6 is 24.0 Å². The zero-order valence-corrected chi connectivity index (χ0v) is 19.7. The van der Waals surface area contributed by atoms with Crippen molar-refractivity contribution in [1.82, 2.24) is 15.1 Å². The van der Waals surface area contributed by atoms with Crippen LogP contribution in [0.25, 0.3) is 0 Å². The molecule has 156 valence electrons. The Kier molecular flexibility index (Phi) is 16.9. The van der Waals surface area contributed by atoms with E-state index in [0.29, 0.717) is 6.10 Å². The van der Waals surface area contributed by atoms with Gasteiger partial charge in [0.1, 0.15) is 0 Å². The molecule has 0 atom stereocenters. The Morgan fingerprint density at radius 1 is 1.15 bits per heavy atom. The van der Waals surface area contributed by atoms with Gasteiger partial charge in [-0.25, -0.2) is 0 Å². The lowest BCUT2D eigenvalue weighted by atomic mass is 10.1. The second-order valence-corrected chi connectivity index (χ2v) is 6.57. The van der Waals surface area contributed by atoms with Crippen molar-refractivity contribution in [3.63, 3.8) is 0 Å². The van der Waals surface area contributed by atoms with Crippen LogP contribution in [0, 0.1) is 0 Å². The number of guanidine groups is 1. The maximum atomic E-state index is 5.95. The van der Waals surface area contributed by atoms with Gasteiger partial charge in [-0.05, 0) is 45.7 Å². The van der Waals surface area contributed by atoms with E-state index in [1.807, 2.05) is 0 Å². The zero-order valence-electron chi connectivity index (χ0n) is 17.3. The van der Waals surface area contributed by atoms with Crippen molar-refractivity contribution in [2.45, 2.75) is 52.6 Å². The monoisotopic (exact) mass is 484 g/mol. The summed E-state index contributed by atoms with van der Waals surface area (Å²) in [6.45, 7) is 15.3. The molecule has 1 rings (SSSR count). The van der Waals surface area contributed by atoms with Crippen molar-refractivity contribution in [3.8, 4) is 0 Å². The Bertz CT molecular complexity index is 350. The number of likely N-dealkylation sites (tertiary alicyclic amines) is 1. The lowest BCUT2D eigenvalue weighted by molar-refractivity contribution is 0.00990. The average Bonchev–Trinajstić information content (AvgIpc) is 2.64. The highest BCUT2D eigenvalue weighted by molar-refractivity contribution is 14.0. The molecule has 26 heavy (non-hydrogen) atoms. The van der Waals surface area contributed by atoms with Gasteiger partial charge in [-0.2, -0.15) is 0 Å².